The number of nitrogens with one attached hydrogen (secondary N) is 1. The third-order valence-corrected chi connectivity index (χ3v) is 2.34. The Labute approximate surface area is 76.9 Å². The van der Waals surface area contributed by atoms with Crippen molar-refractivity contribution in [3.8, 4) is 0 Å². The largest absolute Gasteiger partial charge is 0.307 e. The van der Waals surface area contributed by atoms with Crippen molar-refractivity contribution in [2.45, 2.75) is 18.9 Å². The first kappa shape index (κ1) is 8.44. The average Bonchev–Trinajstić information content (AvgIpc) is 2.72. The van der Waals surface area contributed by atoms with E-state index in [0.717, 1.165) is 19.4 Å². The molecule has 4 nitrogen and oxygen atoms in total. The van der Waals surface area contributed by atoms with Crippen molar-refractivity contribution in [1.29, 1.82) is 0 Å². The summed E-state index contributed by atoms with van der Waals surface area (Å²) in [5, 5.41) is 7.25. The van der Waals surface area contributed by atoms with Gasteiger partial charge in [0.05, 0.1) is 6.04 Å². The SMILES string of the molecule is Cn1ccc(C(=O)C2CCCN2)n1. The third-order valence-electron chi connectivity index (χ3n) is 2.34. The second-order valence-corrected chi connectivity index (χ2v) is 3.39. The van der Waals surface area contributed by atoms with Crippen LogP contribution in [0.5, 0.6) is 0 Å². The number of Topliss-reactive ketones (excluding diaryl/α,β-unsaturated/α-hetero) is 1. The summed E-state index contributed by atoms with van der Waals surface area (Å²) in [6, 6.07) is 1.76. The molecule has 0 aliphatic carbocycles. The normalized spacial score (nSPS) is 22.1. The van der Waals surface area contributed by atoms with E-state index < -0.39 is 0 Å². The highest BCUT2D eigenvalue weighted by Gasteiger charge is 2.24. The van der Waals surface area contributed by atoms with Gasteiger partial charge in [-0.05, 0) is 25.5 Å². The van der Waals surface area contributed by atoms with Gasteiger partial charge in [-0.2, -0.15) is 5.10 Å². The van der Waals surface area contributed by atoms with Crippen LogP contribution in [0.2, 0.25) is 0 Å². The van der Waals surface area contributed by atoms with Crippen molar-refractivity contribution in [3.05, 3.63) is 18.0 Å². The lowest BCUT2D eigenvalue weighted by Crippen LogP contribution is -2.31. The minimum Gasteiger partial charge on any atom is -0.307 e. The van der Waals surface area contributed by atoms with Crippen LogP contribution >= 0.6 is 0 Å². The summed E-state index contributed by atoms with van der Waals surface area (Å²) in [6.07, 6.45) is 3.82. The molecule has 13 heavy (non-hydrogen) atoms. The van der Waals surface area contributed by atoms with E-state index in [1.807, 2.05) is 7.05 Å². The molecule has 1 saturated heterocycles. The first-order valence-corrected chi connectivity index (χ1v) is 4.54. The molecule has 1 aromatic heterocycles. The Morgan fingerprint density at radius 2 is 2.62 bits per heavy atom. The van der Waals surface area contributed by atoms with Crippen molar-refractivity contribution in [2.75, 3.05) is 6.54 Å². The maximum atomic E-state index is 11.7. The van der Waals surface area contributed by atoms with E-state index in [1.54, 1.807) is 16.9 Å². The monoisotopic (exact) mass is 179 g/mol. The summed E-state index contributed by atoms with van der Waals surface area (Å²) in [6.45, 7) is 0.948. The average molecular weight is 179 g/mol. The number of rotatable bonds is 2. The topological polar surface area (TPSA) is 46.9 Å². The lowest BCUT2D eigenvalue weighted by molar-refractivity contribution is 0.0946. The number of aryl methyl sites for hydroxylation is 1. The van der Waals surface area contributed by atoms with Crippen LogP contribution in [0.15, 0.2) is 12.3 Å². The zero-order valence-electron chi connectivity index (χ0n) is 7.66. The van der Waals surface area contributed by atoms with Gasteiger partial charge in [-0.25, -0.2) is 0 Å². The zero-order chi connectivity index (χ0) is 9.26. The van der Waals surface area contributed by atoms with Gasteiger partial charge in [-0.3, -0.25) is 9.48 Å². The molecule has 0 aromatic carbocycles. The van der Waals surface area contributed by atoms with E-state index in [9.17, 15) is 4.79 Å². The fourth-order valence-electron chi connectivity index (χ4n) is 1.63. The Morgan fingerprint density at radius 1 is 1.77 bits per heavy atom. The predicted molar refractivity (Wildman–Crippen MR) is 48.6 cm³/mol. The quantitative estimate of drug-likeness (QED) is 0.666. The highest BCUT2D eigenvalue weighted by molar-refractivity contribution is 5.98. The summed E-state index contributed by atoms with van der Waals surface area (Å²) in [7, 11) is 1.82. The maximum absolute atomic E-state index is 11.7. The van der Waals surface area contributed by atoms with Gasteiger partial charge in [0.1, 0.15) is 5.69 Å². The number of hydrogen-bond acceptors (Lipinski definition) is 3. The number of hydrogen-bond donors (Lipinski definition) is 1. The first-order valence-electron chi connectivity index (χ1n) is 4.54. The minimum atomic E-state index is -0.00472. The molecule has 0 bridgehead atoms. The van der Waals surface area contributed by atoms with E-state index in [-0.39, 0.29) is 11.8 Å². The standard InChI is InChI=1S/C9H13N3O/c1-12-6-4-8(11-12)9(13)7-3-2-5-10-7/h4,6-7,10H,2-3,5H2,1H3. The van der Waals surface area contributed by atoms with Gasteiger partial charge in [-0.15, -0.1) is 0 Å². The number of carbonyl (C=O) groups is 1. The Morgan fingerprint density at radius 3 is 3.15 bits per heavy atom. The molecule has 1 aliphatic heterocycles. The molecule has 1 unspecified atom stereocenters. The number of carbonyl (C=O) groups excluding carboxylic acids is 1. The molecule has 1 aromatic rings. The minimum absolute atomic E-state index is 0.00472. The van der Waals surface area contributed by atoms with E-state index in [1.165, 1.54) is 0 Å². The Balaban J connectivity index is 2.12. The molecular formula is C9H13N3O. The van der Waals surface area contributed by atoms with Crippen molar-refractivity contribution in [1.82, 2.24) is 15.1 Å². The molecular weight excluding hydrogens is 166 g/mol. The Kier molecular flexibility index (Phi) is 2.14. The highest BCUT2D eigenvalue weighted by Crippen LogP contribution is 2.10. The molecule has 1 atom stereocenters. The first-order chi connectivity index (χ1) is 6.27. The van der Waals surface area contributed by atoms with E-state index in [0.29, 0.717) is 5.69 Å². The fraction of sp³-hybridized carbons (Fsp3) is 0.556. The Bertz CT molecular complexity index is 312. The molecule has 0 radical (unpaired) electrons. The van der Waals surface area contributed by atoms with Crippen molar-refractivity contribution in [3.63, 3.8) is 0 Å². The van der Waals surface area contributed by atoms with Gasteiger partial charge in [0.2, 0.25) is 0 Å². The fourth-order valence-corrected chi connectivity index (χ4v) is 1.63. The van der Waals surface area contributed by atoms with Gasteiger partial charge < -0.3 is 5.32 Å². The number of ketones is 1. The smallest absolute Gasteiger partial charge is 0.199 e. The molecule has 1 N–H and O–H groups in total. The molecule has 70 valence electrons. The van der Waals surface area contributed by atoms with Crippen LogP contribution in [0.1, 0.15) is 23.3 Å². The summed E-state index contributed by atoms with van der Waals surface area (Å²) < 4.78 is 1.65. The summed E-state index contributed by atoms with van der Waals surface area (Å²) >= 11 is 0. The van der Waals surface area contributed by atoms with Crippen LogP contribution < -0.4 is 5.32 Å². The zero-order valence-corrected chi connectivity index (χ0v) is 7.66. The molecule has 1 aliphatic rings. The van der Waals surface area contributed by atoms with Crippen LogP contribution in [0.25, 0.3) is 0 Å². The molecule has 2 heterocycles. The summed E-state index contributed by atoms with van der Waals surface area (Å²) in [5.41, 5.74) is 0.571. The Hall–Kier alpha value is -1.16. The van der Waals surface area contributed by atoms with Crippen LogP contribution in [-0.4, -0.2) is 28.2 Å². The van der Waals surface area contributed by atoms with Gasteiger partial charge in [0.25, 0.3) is 0 Å². The highest BCUT2D eigenvalue weighted by atomic mass is 16.1. The van der Waals surface area contributed by atoms with Gasteiger partial charge in [0, 0.05) is 13.2 Å². The summed E-state index contributed by atoms with van der Waals surface area (Å²) in [5.74, 6) is 0.123. The molecule has 1 fully saturated rings. The lowest BCUT2D eigenvalue weighted by atomic mass is 10.1. The lowest BCUT2D eigenvalue weighted by Gasteiger charge is -2.05. The van der Waals surface area contributed by atoms with E-state index in [4.69, 9.17) is 0 Å². The van der Waals surface area contributed by atoms with Crippen molar-refractivity contribution in [2.24, 2.45) is 7.05 Å². The van der Waals surface area contributed by atoms with Crippen molar-refractivity contribution < 1.29 is 4.79 Å². The molecule has 0 amide bonds. The second-order valence-electron chi connectivity index (χ2n) is 3.39. The second kappa shape index (κ2) is 3.30. The van der Waals surface area contributed by atoms with Gasteiger partial charge in [0.15, 0.2) is 5.78 Å². The van der Waals surface area contributed by atoms with E-state index in [2.05, 4.69) is 10.4 Å². The van der Waals surface area contributed by atoms with E-state index >= 15 is 0 Å². The number of aromatic nitrogens is 2. The maximum Gasteiger partial charge on any atom is 0.199 e. The third kappa shape index (κ3) is 1.62. The molecule has 0 saturated carbocycles. The van der Waals surface area contributed by atoms with Gasteiger partial charge in [-0.1, -0.05) is 0 Å². The molecule has 0 spiro atoms. The summed E-state index contributed by atoms with van der Waals surface area (Å²) in [4.78, 5) is 11.7. The van der Waals surface area contributed by atoms with Crippen LogP contribution in [0.3, 0.4) is 0 Å². The van der Waals surface area contributed by atoms with Crippen LogP contribution in [0.4, 0.5) is 0 Å². The predicted octanol–water partition coefficient (Wildman–Crippen LogP) is 0.355. The van der Waals surface area contributed by atoms with Crippen LogP contribution in [-0.2, 0) is 7.05 Å². The van der Waals surface area contributed by atoms with Gasteiger partial charge >= 0.3 is 0 Å². The number of nitrogens with zero attached hydrogens (tertiary/aromatic N) is 2. The van der Waals surface area contributed by atoms with Crippen LogP contribution in [0, 0.1) is 0 Å². The molecule has 4 heteroatoms. The van der Waals surface area contributed by atoms with Crippen molar-refractivity contribution >= 4 is 5.78 Å². The molecule has 2 rings (SSSR count).